The summed E-state index contributed by atoms with van der Waals surface area (Å²) in [6, 6.07) is 2.67. The molecule has 1 aliphatic heterocycles. The van der Waals surface area contributed by atoms with Crippen LogP contribution in [0.1, 0.15) is 50.7 Å². The lowest BCUT2D eigenvalue weighted by molar-refractivity contribution is 0.0723. The fraction of sp³-hybridized carbons (Fsp3) is 0.765. The van der Waals surface area contributed by atoms with E-state index in [1.54, 1.807) is 0 Å². The molecule has 1 unspecified atom stereocenters. The average molecular weight is 294 g/mol. The Balaban J connectivity index is 1.90. The average Bonchev–Trinajstić information content (AvgIpc) is 3.06. The summed E-state index contributed by atoms with van der Waals surface area (Å²) in [5.74, 6) is 2.07. The summed E-state index contributed by atoms with van der Waals surface area (Å²) < 4.78 is 11.6. The minimum absolute atomic E-state index is 0.416. The molecule has 0 spiro atoms. The fourth-order valence-electron chi connectivity index (χ4n) is 2.76. The van der Waals surface area contributed by atoms with Crippen molar-refractivity contribution in [1.29, 1.82) is 0 Å². The van der Waals surface area contributed by atoms with Crippen molar-refractivity contribution in [3.63, 3.8) is 0 Å². The zero-order chi connectivity index (χ0) is 15.2. The normalized spacial score (nSPS) is 19.0. The molecule has 2 heterocycles. The predicted octanol–water partition coefficient (Wildman–Crippen LogP) is 3.09. The molecule has 1 N–H and O–H groups in total. The quantitative estimate of drug-likeness (QED) is 0.799. The highest BCUT2D eigenvalue weighted by Crippen LogP contribution is 2.19. The molecule has 1 saturated heterocycles. The fourth-order valence-corrected chi connectivity index (χ4v) is 2.76. The van der Waals surface area contributed by atoms with E-state index >= 15 is 0 Å². The minimum Gasteiger partial charge on any atom is -0.465 e. The van der Waals surface area contributed by atoms with Crippen LogP contribution in [0.5, 0.6) is 0 Å². The van der Waals surface area contributed by atoms with Crippen LogP contribution in [0.2, 0.25) is 0 Å². The second-order valence-electron chi connectivity index (χ2n) is 6.29. The lowest BCUT2D eigenvalue weighted by Gasteiger charge is -2.23. The summed E-state index contributed by atoms with van der Waals surface area (Å²) in [6.07, 6.45) is 2.82. The summed E-state index contributed by atoms with van der Waals surface area (Å²) in [5, 5.41) is 3.40. The first-order chi connectivity index (χ1) is 10.1. The van der Waals surface area contributed by atoms with E-state index in [9.17, 15) is 0 Å². The van der Waals surface area contributed by atoms with Gasteiger partial charge in [0.05, 0.1) is 12.6 Å². The molecule has 1 fully saturated rings. The maximum Gasteiger partial charge on any atom is 0.118 e. The Morgan fingerprint density at radius 1 is 1.43 bits per heavy atom. The Labute approximate surface area is 128 Å². The highest BCUT2D eigenvalue weighted by molar-refractivity contribution is 5.20. The van der Waals surface area contributed by atoms with Gasteiger partial charge in [-0.25, -0.2) is 0 Å². The summed E-state index contributed by atoms with van der Waals surface area (Å²) in [5.41, 5.74) is 1.30. The van der Waals surface area contributed by atoms with Gasteiger partial charge in [0, 0.05) is 31.3 Å². The maximum absolute atomic E-state index is 5.86. The predicted molar refractivity (Wildman–Crippen MR) is 85.3 cm³/mol. The molecule has 1 atom stereocenters. The number of rotatable bonds is 8. The van der Waals surface area contributed by atoms with Crippen molar-refractivity contribution in [2.24, 2.45) is 0 Å². The monoisotopic (exact) mass is 294 g/mol. The van der Waals surface area contributed by atoms with Crippen LogP contribution in [0.25, 0.3) is 0 Å². The van der Waals surface area contributed by atoms with Gasteiger partial charge in [-0.1, -0.05) is 20.8 Å². The first kappa shape index (κ1) is 16.5. The Hall–Kier alpha value is -0.840. The lowest BCUT2D eigenvalue weighted by atomic mass is 10.2. The second kappa shape index (κ2) is 7.97. The van der Waals surface area contributed by atoms with Crippen LogP contribution in [0.3, 0.4) is 0 Å². The maximum atomic E-state index is 5.86. The molecular weight excluding hydrogens is 264 g/mol. The van der Waals surface area contributed by atoms with Gasteiger partial charge < -0.3 is 14.5 Å². The van der Waals surface area contributed by atoms with Crippen LogP contribution in [0, 0.1) is 6.92 Å². The Bertz CT molecular complexity index is 422. The van der Waals surface area contributed by atoms with Gasteiger partial charge in [-0.15, -0.1) is 0 Å². The molecule has 0 bridgehead atoms. The van der Waals surface area contributed by atoms with Gasteiger partial charge >= 0.3 is 0 Å². The Morgan fingerprint density at radius 2 is 2.24 bits per heavy atom. The van der Waals surface area contributed by atoms with E-state index in [0.717, 1.165) is 44.3 Å². The second-order valence-corrected chi connectivity index (χ2v) is 6.29. The highest BCUT2D eigenvalue weighted by Gasteiger charge is 2.19. The zero-order valence-electron chi connectivity index (χ0n) is 13.9. The van der Waals surface area contributed by atoms with E-state index in [-0.39, 0.29) is 0 Å². The van der Waals surface area contributed by atoms with E-state index in [1.807, 2.05) is 0 Å². The van der Waals surface area contributed by atoms with Crippen molar-refractivity contribution in [1.82, 2.24) is 10.2 Å². The summed E-state index contributed by atoms with van der Waals surface area (Å²) >= 11 is 0. The van der Waals surface area contributed by atoms with Crippen LogP contribution in [-0.4, -0.2) is 36.7 Å². The van der Waals surface area contributed by atoms with Gasteiger partial charge in [0.1, 0.15) is 11.5 Å². The molecular formula is C17H30N2O2. The molecule has 21 heavy (non-hydrogen) atoms. The molecule has 120 valence electrons. The molecule has 0 aliphatic carbocycles. The number of ether oxygens (including phenoxy) is 1. The molecule has 1 aromatic rings. The van der Waals surface area contributed by atoms with Crippen molar-refractivity contribution in [3.05, 3.63) is 23.2 Å². The number of nitrogens with zero attached hydrogens (tertiary/aromatic N) is 1. The third-order valence-corrected chi connectivity index (χ3v) is 4.08. The van der Waals surface area contributed by atoms with Crippen LogP contribution in [0.4, 0.5) is 0 Å². The number of hydrogen-bond acceptors (Lipinski definition) is 4. The van der Waals surface area contributed by atoms with Crippen LogP contribution >= 0.6 is 0 Å². The molecule has 4 nitrogen and oxygen atoms in total. The molecule has 1 aliphatic rings. The Morgan fingerprint density at radius 3 is 2.86 bits per heavy atom. The number of likely N-dealkylation sites (N-methyl/N-ethyl adjacent to an activating group) is 1. The number of aryl methyl sites for hydroxylation is 1. The van der Waals surface area contributed by atoms with E-state index in [2.05, 4.69) is 44.0 Å². The molecule has 0 saturated carbocycles. The van der Waals surface area contributed by atoms with E-state index in [4.69, 9.17) is 9.15 Å². The molecule has 0 radical (unpaired) electrons. The smallest absolute Gasteiger partial charge is 0.118 e. The van der Waals surface area contributed by atoms with Crippen LogP contribution in [-0.2, 0) is 17.8 Å². The summed E-state index contributed by atoms with van der Waals surface area (Å²) in [4.78, 5) is 2.45. The molecule has 0 aromatic carbocycles. The standard InChI is InChI=1S/C17H30N2O2/c1-5-19(12-16-7-6-8-20-16)11-15-9-17(21-14(15)4)10-18-13(2)3/h9,13,16,18H,5-8,10-12H2,1-4H3. The largest absolute Gasteiger partial charge is 0.465 e. The van der Waals surface area contributed by atoms with Gasteiger partial charge in [-0.05, 0) is 32.4 Å². The van der Waals surface area contributed by atoms with Crippen molar-refractivity contribution in [3.8, 4) is 0 Å². The molecule has 1 aromatic heterocycles. The number of hydrogen-bond donors (Lipinski definition) is 1. The van der Waals surface area contributed by atoms with Gasteiger partial charge in [-0.2, -0.15) is 0 Å². The van der Waals surface area contributed by atoms with E-state index < -0.39 is 0 Å². The lowest BCUT2D eigenvalue weighted by Crippen LogP contribution is -2.31. The van der Waals surface area contributed by atoms with Crippen molar-refractivity contribution >= 4 is 0 Å². The van der Waals surface area contributed by atoms with Crippen molar-refractivity contribution in [2.75, 3.05) is 19.7 Å². The first-order valence-corrected chi connectivity index (χ1v) is 8.24. The van der Waals surface area contributed by atoms with Gasteiger partial charge in [0.2, 0.25) is 0 Å². The Kier molecular flexibility index (Phi) is 6.27. The van der Waals surface area contributed by atoms with Gasteiger partial charge in [0.15, 0.2) is 0 Å². The summed E-state index contributed by atoms with van der Waals surface area (Å²) in [6.45, 7) is 13.3. The van der Waals surface area contributed by atoms with Crippen molar-refractivity contribution < 1.29 is 9.15 Å². The van der Waals surface area contributed by atoms with Gasteiger partial charge in [-0.3, -0.25) is 4.90 Å². The number of nitrogens with one attached hydrogen (secondary N) is 1. The first-order valence-electron chi connectivity index (χ1n) is 8.24. The third-order valence-electron chi connectivity index (χ3n) is 4.08. The zero-order valence-corrected chi connectivity index (χ0v) is 13.9. The molecule has 0 amide bonds. The minimum atomic E-state index is 0.416. The van der Waals surface area contributed by atoms with Gasteiger partial charge in [0.25, 0.3) is 0 Å². The van der Waals surface area contributed by atoms with E-state index in [1.165, 1.54) is 18.4 Å². The van der Waals surface area contributed by atoms with Crippen molar-refractivity contribution in [2.45, 2.75) is 65.8 Å². The number of furan rings is 1. The SMILES string of the molecule is CCN(Cc1cc(CNC(C)C)oc1C)CC1CCCO1. The van der Waals surface area contributed by atoms with Crippen LogP contribution < -0.4 is 5.32 Å². The third kappa shape index (κ3) is 5.13. The van der Waals surface area contributed by atoms with E-state index in [0.29, 0.717) is 12.1 Å². The van der Waals surface area contributed by atoms with Crippen LogP contribution in [0.15, 0.2) is 10.5 Å². The molecule has 2 rings (SSSR count). The topological polar surface area (TPSA) is 37.6 Å². The summed E-state index contributed by atoms with van der Waals surface area (Å²) in [7, 11) is 0. The molecule has 4 heteroatoms. The highest BCUT2D eigenvalue weighted by atomic mass is 16.5.